The Kier molecular flexibility index (Phi) is 3.98. The van der Waals surface area contributed by atoms with E-state index in [1.165, 1.54) is 0 Å². The summed E-state index contributed by atoms with van der Waals surface area (Å²) in [6, 6.07) is 9.91. The second kappa shape index (κ2) is 5.68. The predicted octanol–water partition coefficient (Wildman–Crippen LogP) is 3.74. The third-order valence-corrected chi connectivity index (χ3v) is 3.00. The van der Waals surface area contributed by atoms with Gasteiger partial charge in [0.25, 0.3) is 5.88 Å². The van der Waals surface area contributed by atoms with Gasteiger partial charge in [0.2, 0.25) is 0 Å². The maximum absolute atomic E-state index is 5.56. The first-order valence-corrected chi connectivity index (χ1v) is 6.02. The van der Waals surface area contributed by atoms with Crippen LogP contribution >= 0.6 is 15.9 Å². The molecule has 88 valence electrons. The van der Waals surface area contributed by atoms with Crippen molar-refractivity contribution in [2.45, 2.75) is 13.0 Å². The topological polar surface area (TPSA) is 35.3 Å². The van der Waals surface area contributed by atoms with Crippen LogP contribution in [0.1, 0.15) is 11.3 Å². The number of aromatic nitrogens is 1. The van der Waals surface area contributed by atoms with Crippen LogP contribution in [0.2, 0.25) is 0 Å². The summed E-state index contributed by atoms with van der Waals surface area (Å²) in [6.45, 7) is 4.12. The molecule has 1 aromatic heterocycles. The zero-order valence-electron chi connectivity index (χ0n) is 9.23. The van der Waals surface area contributed by atoms with Gasteiger partial charge in [0.1, 0.15) is 11.1 Å². The van der Waals surface area contributed by atoms with Gasteiger partial charge in [0.05, 0.1) is 0 Å². The van der Waals surface area contributed by atoms with E-state index in [1.807, 2.05) is 30.3 Å². The number of halogens is 1. The smallest absolute Gasteiger partial charge is 0.269 e. The third-order valence-electron chi connectivity index (χ3n) is 2.22. The van der Waals surface area contributed by atoms with Gasteiger partial charge in [0.15, 0.2) is 5.76 Å². The lowest BCUT2D eigenvalue weighted by atomic mass is 10.2. The van der Waals surface area contributed by atoms with Crippen molar-refractivity contribution in [3.05, 3.63) is 58.8 Å². The molecule has 2 rings (SSSR count). The van der Waals surface area contributed by atoms with Crippen molar-refractivity contribution in [2.24, 2.45) is 0 Å². The number of nitrogens with zero attached hydrogens (tertiary/aromatic N) is 1. The van der Waals surface area contributed by atoms with Gasteiger partial charge in [-0.15, -0.1) is 6.58 Å². The number of ether oxygens (including phenoxy) is 1. The van der Waals surface area contributed by atoms with Gasteiger partial charge in [-0.25, -0.2) is 0 Å². The van der Waals surface area contributed by atoms with Gasteiger partial charge in [-0.1, -0.05) is 36.4 Å². The second-order valence-corrected chi connectivity index (χ2v) is 4.28. The van der Waals surface area contributed by atoms with Gasteiger partial charge in [0, 0.05) is 6.42 Å². The molecule has 0 unspecified atom stereocenters. The molecule has 4 heteroatoms. The molecular weight excluding hydrogens is 282 g/mol. The Morgan fingerprint density at radius 2 is 2.12 bits per heavy atom. The van der Waals surface area contributed by atoms with Crippen molar-refractivity contribution in [1.82, 2.24) is 5.16 Å². The maximum atomic E-state index is 5.56. The molecule has 0 amide bonds. The molecule has 0 spiro atoms. The first-order chi connectivity index (χ1) is 8.31. The number of hydrogen-bond donors (Lipinski definition) is 0. The summed E-state index contributed by atoms with van der Waals surface area (Å²) < 4.78 is 11.5. The zero-order valence-corrected chi connectivity index (χ0v) is 10.8. The second-order valence-electron chi connectivity index (χ2n) is 3.49. The van der Waals surface area contributed by atoms with Crippen LogP contribution in [0.5, 0.6) is 5.88 Å². The first kappa shape index (κ1) is 11.9. The summed E-state index contributed by atoms with van der Waals surface area (Å²) >= 11 is 3.40. The number of allylic oxidation sites excluding steroid dienone is 1. The highest BCUT2D eigenvalue weighted by atomic mass is 79.9. The Bertz CT molecular complexity index is 493. The van der Waals surface area contributed by atoms with Crippen molar-refractivity contribution in [2.75, 3.05) is 0 Å². The van der Waals surface area contributed by atoms with Gasteiger partial charge in [-0.2, -0.15) is 0 Å². The molecule has 2 aromatic rings. The zero-order chi connectivity index (χ0) is 12.1. The van der Waals surface area contributed by atoms with Gasteiger partial charge in [-0.3, -0.25) is 0 Å². The summed E-state index contributed by atoms with van der Waals surface area (Å²) in [5.74, 6) is 1.20. The quantitative estimate of drug-likeness (QED) is 0.788. The van der Waals surface area contributed by atoms with E-state index in [-0.39, 0.29) is 0 Å². The van der Waals surface area contributed by atoms with E-state index >= 15 is 0 Å². The predicted molar refractivity (Wildman–Crippen MR) is 68.9 cm³/mol. The lowest BCUT2D eigenvalue weighted by Gasteiger charge is -2.02. The van der Waals surface area contributed by atoms with Gasteiger partial charge < -0.3 is 9.26 Å². The summed E-state index contributed by atoms with van der Waals surface area (Å²) in [7, 11) is 0. The lowest BCUT2D eigenvalue weighted by Crippen LogP contribution is -1.95. The minimum Gasteiger partial charge on any atom is -0.470 e. The highest BCUT2D eigenvalue weighted by molar-refractivity contribution is 9.10. The summed E-state index contributed by atoms with van der Waals surface area (Å²) in [5, 5.41) is 3.86. The van der Waals surface area contributed by atoms with Crippen molar-refractivity contribution < 1.29 is 9.26 Å². The van der Waals surface area contributed by atoms with Crippen LogP contribution in [0.4, 0.5) is 0 Å². The molecule has 1 heterocycles. The standard InChI is InChI=1S/C13H12BrNO2/c1-2-6-11-12(14)13(15-17-11)16-9-10-7-4-3-5-8-10/h2-5,7-8H,1,6,9H2. The average molecular weight is 294 g/mol. The van der Waals surface area contributed by atoms with Gasteiger partial charge in [-0.05, 0) is 26.7 Å². The van der Waals surface area contributed by atoms with E-state index in [0.717, 1.165) is 15.8 Å². The van der Waals surface area contributed by atoms with Crippen LogP contribution in [0.15, 0.2) is 52.0 Å². The fourth-order valence-corrected chi connectivity index (χ4v) is 1.79. The molecule has 3 nitrogen and oxygen atoms in total. The highest BCUT2D eigenvalue weighted by Gasteiger charge is 2.13. The van der Waals surface area contributed by atoms with Crippen molar-refractivity contribution in [3.63, 3.8) is 0 Å². The molecular formula is C13H12BrNO2. The summed E-state index contributed by atoms with van der Waals surface area (Å²) in [4.78, 5) is 0. The normalized spacial score (nSPS) is 10.2. The van der Waals surface area contributed by atoms with Crippen LogP contribution in [-0.2, 0) is 13.0 Å². The van der Waals surface area contributed by atoms with Crippen LogP contribution in [0.3, 0.4) is 0 Å². The van der Waals surface area contributed by atoms with Crippen molar-refractivity contribution in [1.29, 1.82) is 0 Å². The molecule has 0 bridgehead atoms. The molecule has 0 atom stereocenters. The van der Waals surface area contributed by atoms with E-state index in [9.17, 15) is 0 Å². The van der Waals surface area contributed by atoms with Crippen molar-refractivity contribution in [3.8, 4) is 5.88 Å². The Morgan fingerprint density at radius 3 is 2.82 bits per heavy atom. The average Bonchev–Trinajstić information content (AvgIpc) is 2.70. The summed E-state index contributed by atoms with van der Waals surface area (Å²) in [5.41, 5.74) is 1.09. The molecule has 0 saturated heterocycles. The number of rotatable bonds is 5. The minimum atomic E-state index is 0.472. The van der Waals surface area contributed by atoms with E-state index in [2.05, 4.69) is 27.7 Å². The third kappa shape index (κ3) is 2.97. The Hall–Kier alpha value is -1.55. The van der Waals surface area contributed by atoms with E-state index in [4.69, 9.17) is 9.26 Å². The van der Waals surface area contributed by atoms with E-state index in [0.29, 0.717) is 18.9 Å². The Labute approximate surface area is 108 Å². The summed E-state index contributed by atoms with van der Waals surface area (Å²) in [6.07, 6.45) is 2.38. The van der Waals surface area contributed by atoms with Gasteiger partial charge >= 0.3 is 0 Å². The van der Waals surface area contributed by atoms with Crippen LogP contribution < -0.4 is 4.74 Å². The maximum Gasteiger partial charge on any atom is 0.269 e. The molecule has 0 saturated carbocycles. The van der Waals surface area contributed by atoms with Crippen LogP contribution in [0.25, 0.3) is 0 Å². The van der Waals surface area contributed by atoms with Crippen molar-refractivity contribution >= 4 is 15.9 Å². The molecule has 1 aromatic carbocycles. The number of benzene rings is 1. The molecule has 0 aliphatic carbocycles. The monoisotopic (exact) mass is 293 g/mol. The van der Waals surface area contributed by atoms with E-state index in [1.54, 1.807) is 6.08 Å². The molecule has 0 radical (unpaired) electrons. The fraction of sp³-hybridized carbons (Fsp3) is 0.154. The molecule has 0 fully saturated rings. The van der Waals surface area contributed by atoms with Crippen LogP contribution in [-0.4, -0.2) is 5.16 Å². The molecule has 0 N–H and O–H groups in total. The molecule has 0 aliphatic heterocycles. The Morgan fingerprint density at radius 1 is 1.35 bits per heavy atom. The largest absolute Gasteiger partial charge is 0.470 e. The minimum absolute atomic E-state index is 0.472. The fourth-order valence-electron chi connectivity index (χ4n) is 1.37. The number of hydrogen-bond acceptors (Lipinski definition) is 3. The molecule has 17 heavy (non-hydrogen) atoms. The highest BCUT2D eigenvalue weighted by Crippen LogP contribution is 2.28. The Balaban J connectivity index is 2.02. The first-order valence-electron chi connectivity index (χ1n) is 5.23. The SMILES string of the molecule is C=CCc1onc(OCc2ccccc2)c1Br. The molecule has 0 aliphatic rings. The van der Waals surface area contributed by atoms with E-state index < -0.39 is 0 Å². The van der Waals surface area contributed by atoms with Crippen LogP contribution in [0, 0.1) is 0 Å². The lowest BCUT2D eigenvalue weighted by molar-refractivity contribution is 0.266.